The standard InChI is InChI=1S/C13H19N3OS/c1-17-8-11(3-2-6-14)16-10-4-5-12-13(7-10)18-9-15-12/h4-5,7,9,11,16H,2-3,6,8,14H2,1H3. The van der Waals surface area contributed by atoms with E-state index in [1.165, 1.54) is 4.70 Å². The van der Waals surface area contributed by atoms with Gasteiger partial charge in [0.25, 0.3) is 0 Å². The van der Waals surface area contributed by atoms with E-state index in [2.05, 4.69) is 22.4 Å². The maximum atomic E-state index is 5.55. The minimum Gasteiger partial charge on any atom is -0.383 e. The second-order valence-corrected chi connectivity index (χ2v) is 5.15. The van der Waals surface area contributed by atoms with Crippen LogP contribution in [0.25, 0.3) is 10.2 Å². The highest BCUT2D eigenvalue weighted by Gasteiger charge is 2.08. The molecule has 1 aromatic heterocycles. The molecule has 1 heterocycles. The molecule has 0 aliphatic heterocycles. The van der Waals surface area contributed by atoms with Crippen molar-refractivity contribution in [2.24, 2.45) is 5.73 Å². The lowest BCUT2D eigenvalue weighted by molar-refractivity contribution is 0.182. The summed E-state index contributed by atoms with van der Waals surface area (Å²) in [4.78, 5) is 4.27. The summed E-state index contributed by atoms with van der Waals surface area (Å²) in [6, 6.07) is 6.55. The van der Waals surface area contributed by atoms with Crippen LogP contribution in [0.3, 0.4) is 0 Å². The number of anilines is 1. The van der Waals surface area contributed by atoms with Gasteiger partial charge in [-0.25, -0.2) is 4.98 Å². The Balaban J connectivity index is 2.04. The van der Waals surface area contributed by atoms with Crippen LogP contribution in [0.2, 0.25) is 0 Å². The molecule has 98 valence electrons. The number of nitrogens with zero attached hydrogens (tertiary/aromatic N) is 1. The molecule has 4 nitrogen and oxygen atoms in total. The van der Waals surface area contributed by atoms with E-state index in [0.717, 1.165) is 30.6 Å². The molecule has 5 heteroatoms. The molecule has 1 atom stereocenters. The molecule has 2 rings (SSSR count). The normalized spacial score (nSPS) is 12.8. The van der Waals surface area contributed by atoms with E-state index in [0.29, 0.717) is 12.6 Å². The Labute approximate surface area is 111 Å². The van der Waals surface area contributed by atoms with Crippen LogP contribution in [-0.2, 0) is 4.74 Å². The Hall–Kier alpha value is -1.17. The third kappa shape index (κ3) is 3.41. The molecule has 0 fully saturated rings. The summed E-state index contributed by atoms with van der Waals surface area (Å²) >= 11 is 1.66. The third-order valence-corrected chi connectivity index (χ3v) is 3.62. The highest BCUT2D eigenvalue weighted by molar-refractivity contribution is 7.16. The predicted molar refractivity (Wildman–Crippen MR) is 77.2 cm³/mol. The minimum atomic E-state index is 0.309. The van der Waals surface area contributed by atoms with Crippen LogP contribution in [0.15, 0.2) is 23.7 Å². The fourth-order valence-corrected chi connectivity index (χ4v) is 2.66. The molecule has 0 aliphatic rings. The summed E-state index contributed by atoms with van der Waals surface area (Å²) in [5, 5.41) is 3.50. The zero-order chi connectivity index (χ0) is 12.8. The van der Waals surface area contributed by atoms with E-state index in [-0.39, 0.29) is 0 Å². The SMILES string of the molecule is COCC(CCCN)Nc1ccc2ncsc2c1. The summed E-state index contributed by atoms with van der Waals surface area (Å²) in [5.41, 5.74) is 9.59. The summed E-state index contributed by atoms with van der Waals surface area (Å²) in [7, 11) is 1.73. The highest BCUT2D eigenvalue weighted by Crippen LogP contribution is 2.22. The van der Waals surface area contributed by atoms with Crippen molar-refractivity contribution in [3.05, 3.63) is 23.7 Å². The Morgan fingerprint density at radius 1 is 1.50 bits per heavy atom. The number of nitrogens with two attached hydrogens (primary N) is 1. The van der Waals surface area contributed by atoms with Crippen LogP contribution in [0, 0.1) is 0 Å². The highest BCUT2D eigenvalue weighted by atomic mass is 32.1. The van der Waals surface area contributed by atoms with Gasteiger partial charge in [-0.2, -0.15) is 0 Å². The number of aromatic nitrogens is 1. The van der Waals surface area contributed by atoms with Crippen LogP contribution >= 0.6 is 11.3 Å². The van der Waals surface area contributed by atoms with Gasteiger partial charge in [-0.3, -0.25) is 0 Å². The van der Waals surface area contributed by atoms with E-state index in [9.17, 15) is 0 Å². The van der Waals surface area contributed by atoms with E-state index >= 15 is 0 Å². The monoisotopic (exact) mass is 265 g/mol. The zero-order valence-electron chi connectivity index (χ0n) is 10.6. The van der Waals surface area contributed by atoms with Gasteiger partial charge in [-0.05, 0) is 37.6 Å². The van der Waals surface area contributed by atoms with Crippen LogP contribution in [-0.4, -0.2) is 31.3 Å². The molecular weight excluding hydrogens is 246 g/mol. The van der Waals surface area contributed by atoms with E-state index < -0.39 is 0 Å². The second-order valence-electron chi connectivity index (χ2n) is 4.26. The lowest BCUT2D eigenvalue weighted by Gasteiger charge is -2.18. The predicted octanol–water partition coefficient (Wildman–Crippen LogP) is 2.46. The van der Waals surface area contributed by atoms with Gasteiger partial charge in [0.05, 0.1) is 22.3 Å². The van der Waals surface area contributed by atoms with Crippen molar-refractivity contribution in [1.82, 2.24) is 4.98 Å². The van der Waals surface area contributed by atoms with Gasteiger partial charge in [0.2, 0.25) is 0 Å². The fraction of sp³-hybridized carbons (Fsp3) is 0.462. The number of methoxy groups -OCH3 is 1. The van der Waals surface area contributed by atoms with Crippen LogP contribution in [0.4, 0.5) is 5.69 Å². The smallest absolute Gasteiger partial charge is 0.0813 e. The maximum absolute atomic E-state index is 5.55. The van der Waals surface area contributed by atoms with Gasteiger partial charge in [0, 0.05) is 18.8 Å². The van der Waals surface area contributed by atoms with Crippen LogP contribution < -0.4 is 11.1 Å². The molecule has 18 heavy (non-hydrogen) atoms. The first-order chi connectivity index (χ1) is 8.83. The minimum absolute atomic E-state index is 0.309. The second kappa shape index (κ2) is 6.68. The van der Waals surface area contributed by atoms with Crippen LogP contribution in [0.1, 0.15) is 12.8 Å². The van der Waals surface area contributed by atoms with E-state index in [4.69, 9.17) is 10.5 Å². The van der Waals surface area contributed by atoms with Gasteiger partial charge in [-0.15, -0.1) is 11.3 Å². The lowest BCUT2D eigenvalue weighted by Crippen LogP contribution is -2.25. The van der Waals surface area contributed by atoms with Crippen molar-refractivity contribution in [2.45, 2.75) is 18.9 Å². The Morgan fingerprint density at radius 3 is 3.17 bits per heavy atom. The molecule has 1 aromatic carbocycles. The Kier molecular flexibility index (Phi) is 4.92. The molecule has 1 unspecified atom stereocenters. The molecular formula is C13H19N3OS. The van der Waals surface area contributed by atoms with Gasteiger partial charge >= 0.3 is 0 Å². The number of benzene rings is 1. The molecule has 0 amide bonds. The summed E-state index contributed by atoms with van der Waals surface area (Å²) in [5.74, 6) is 0. The molecule has 0 saturated carbocycles. The molecule has 0 bridgehead atoms. The number of thiazole rings is 1. The van der Waals surface area contributed by atoms with E-state index in [1.54, 1.807) is 18.4 Å². The zero-order valence-corrected chi connectivity index (χ0v) is 11.4. The molecule has 0 spiro atoms. The number of hydrogen-bond acceptors (Lipinski definition) is 5. The average molecular weight is 265 g/mol. The Morgan fingerprint density at radius 2 is 2.39 bits per heavy atom. The van der Waals surface area contributed by atoms with Gasteiger partial charge < -0.3 is 15.8 Å². The number of fused-ring (bicyclic) bond motifs is 1. The number of hydrogen-bond donors (Lipinski definition) is 2. The molecule has 3 N–H and O–H groups in total. The fourth-order valence-electron chi connectivity index (χ4n) is 1.94. The first-order valence-corrected chi connectivity index (χ1v) is 7.00. The molecule has 0 aliphatic carbocycles. The van der Waals surface area contributed by atoms with Crippen LogP contribution in [0.5, 0.6) is 0 Å². The van der Waals surface area contributed by atoms with Crippen molar-refractivity contribution in [3.8, 4) is 0 Å². The lowest BCUT2D eigenvalue weighted by atomic mass is 10.1. The Bertz CT molecular complexity index is 486. The van der Waals surface area contributed by atoms with Crippen molar-refractivity contribution in [3.63, 3.8) is 0 Å². The quantitative estimate of drug-likeness (QED) is 0.807. The molecule has 0 radical (unpaired) electrons. The number of ether oxygens (including phenoxy) is 1. The summed E-state index contributed by atoms with van der Waals surface area (Å²) in [6.07, 6.45) is 2.02. The average Bonchev–Trinajstić information content (AvgIpc) is 2.83. The van der Waals surface area contributed by atoms with E-state index in [1.807, 2.05) is 11.6 Å². The summed E-state index contributed by atoms with van der Waals surface area (Å²) in [6.45, 7) is 1.41. The van der Waals surface area contributed by atoms with Crippen molar-refractivity contribution >= 4 is 27.2 Å². The third-order valence-electron chi connectivity index (χ3n) is 2.83. The topological polar surface area (TPSA) is 60.2 Å². The van der Waals surface area contributed by atoms with Crippen molar-refractivity contribution in [2.75, 3.05) is 25.6 Å². The molecule has 0 saturated heterocycles. The van der Waals surface area contributed by atoms with Gasteiger partial charge in [-0.1, -0.05) is 0 Å². The number of nitrogens with one attached hydrogen (secondary N) is 1. The summed E-state index contributed by atoms with van der Waals surface area (Å²) < 4.78 is 6.44. The van der Waals surface area contributed by atoms with Gasteiger partial charge in [0.15, 0.2) is 0 Å². The number of rotatable bonds is 7. The largest absolute Gasteiger partial charge is 0.383 e. The maximum Gasteiger partial charge on any atom is 0.0813 e. The first kappa shape index (κ1) is 13.3. The molecule has 2 aromatic rings. The van der Waals surface area contributed by atoms with Crippen molar-refractivity contribution in [1.29, 1.82) is 0 Å². The first-order valence-electron chi connectivity index (χ1n) is 6.12. The van der Waals surface area contributed by atoms with Gasteiger partial charge in [0.1, 0.15) is 0 Å². The van der Waals surface area contributed by atoms with Crippen molar-refractivity contribution < 1.29 is 4.74 Å².